The lowest BCUT2D eigenvalue weighted by Gasteiger charge is -2.07. The van der Waals surface area contributed by atoms with Crippen LogP contribution in [0.3, 0.4) is 0 Å². The Morgan fingerprint density at radius 3 is 2.31 bits per heavy atom. The van der Waals surface area contributed by atoms with Crippen molar-refractivity contribution in [3.8, 4) is 0 Å². The minimum absolute atomic E-state index is 0. The Bertz CT molecular complexity index is 259. The second-order valence-electron chi connectivity index (χ2n) is 2.61. The molecule has 1 aromatic carbocycles. The minimum atomic E-state index is -0.354. The highest BCUT2D eigenvalue weighted by atomic mass is 35.5. The van der Waals surface area contributed by atoms with Crippen LogP contribution in [0, 0.1) is 0 Å². The lowest BCUT2D eigenvalue weighted by atomic mass is 10.1. The van der Waals surface area contributed by atoms with Crippen LogP contribution in [0.4, 0.5) is 0 Å². The molecule has 0 aliphatic carbocycles. The summed E-state index contributed by atoms with van der Waals surface area (Å²) in [6.07, 6.45) is -0.354. The number of Topliss-reactive ketones (excluding diaryl/α,β-unsaturated/α-hetero) is 1. The lowest BCUT2D eigenvalue weighted by molar-refractivity contribution is 0.0655. The Kier molecular flexibility index (Phi) is 5.35. The van der Waals surface area contributed by atoms with Gasteiger partial charge in [0.2, 0.25) is 0 Å². The van der Waals surface area contributed by atoms with Crippen molar-refractivity contribution in [3.05, 3.63) is 35.9 Å². The van der Waals surface area contributed by atoms with Gasteiger partial charge in [-0.1, -0.05) is 30.3 Å². The molecule has 0 fully saturated rings. The summed E-state index contributed by atoms with van der Waals surface area (Å²) < 4.78 is 4.92. The van der Waals surface area contributed by atoms with Crippen LogP contribution in [-0.4, -0.2) is 19.0 Å². The summed E-state index contributed by atoms with van der Waals surface area (Å²) in [4.78, 5) is 11.5. The van der Waals surface area contributed by atoms with Gasteiger partial charge < -0.3 is 4.74 Å². The Balaban J connectivity index is 0.00000144. The fraction of sp³-hybridized carbons (Fsp3) is 0.300. The number of carbonyl (C=O) groups excluding carboxylic acids is 1. The van der Waals surface area contributed by atoms with Gasteiger partial charge in [-0.3, -0.25) is 4.79 Å². The summed E-state index contributed by atoms with van der Waals surface area (Å²) >= 11 is 0. The van der Waals surface area contributed by atoms with Gasteiger partial charge in [-0.25, -0.2) is 0 Å². The van der Waals surface area contributed by atoms with E-state index in [0.717, 1.165) is 0 Å². The van der Waals surface area contributed by atoms with Crippen molar-refractivity contribution in [3.63, 3.8) is 0 Å². The van der Waals surface area contributed by atoms with Crippen molar-refractivity contribution >= 4 is 18.2 Å². The molecule has 0 aliphatic heterocycles. The van der Waals surface area contributed by atoms with Crippen molar-refractivity contribution in [2.75, 3.05) is 7.11 Å². The third-order valence-electron chi connectivity index (χ3n) is 1.78. The first-order chi connectivity index (χ1) is 5.75. The molecule has 0 radical (unpaired) electrons. The van der Waals surface area contributed by atoms with Crippen LogP contribution in [0.2, 0.25) is 0 Å². The van der Waals surface area contributed by atoms with Crippen LogP contribution in [0.1, 0.15) is 17.3 Å². The van der Waals surface area contributed by atoms with E-state index in [1.54, 1.807) is 19.1 Å². The Morgan fingerprint density at radius 1 is 1.31 bits per heavy atom. The Morgan fingerprint density at radius 2 is 1.85 bits per heavy atom. The topological polar surface area (TPSA) is 26.3 Å². The highest BCUT2D eigenvalue weighted by Crippen LogP contribution is 2.04. The van der Waals surface area contributed by atoms with E-state index in [-0.39, 0.29) is 24.3 Å². The number of ketones is 1. The zero-order chi connectivity index (χ0) is 8.97. The number of hydrogen-bond acceptors (Lipinski definition) is 2. The maximum atomic E-state index is 11.5. The lowest BCUT2D eigenvalue weighted by Crippen LogP contribution is -2.18. The van der Waals surface area contributed by atoms with E-state index >= 15 is 0 Å². The number of hydrogen-bond donors (Lipinski definition) is 0. The number of rotatable bonds is 3. The minimum Gasteiger partial charge on any atom is -0.374 e. The van der Waals surface area contributed by atoms with Crippen LogP contribution in [-0.2, 0) is 4.74 Å². The second kappa shape index (κ2) is 5.73. The van der Waals surface area contributed by atoms with Gasteiger partial charge in [0.05, 0.1) is 0 Å². The highest BCUT2D eigenvalue weighted by Gasteiger charge is 2.12. The monoisotopic (exact) mass is 200 g/mol. The van der Waals surface area contributed by atoms with Crippen LogP contribution in [0.5, 0.6) is 0 Å². The van der Waals surface area contributed by atoms with Gasteiger partial charge in [-0.15, -0.1) is 12.4 Å². The molecule has 13 heavy (non-hydrogen) atoms. The quantitative estimate of drug-likeness (QED) is 0.701. The molecule has 0 saturated carbocycles. The SMILES string of the molecule is COC(C)C(=O)c1ccccc1.Cl. The second-order valence-corrected chi connectivity index (χ2v) is 2.61. The van der Waals surface area contributed by atoms with E-state index < -0.39 is 0 Å². The fourth-order valence-electron chi connectivity index (χ4n) is 0.944. The van der Waals surface area contributed by atoms with Crippen molar-refractivity contribution in [2.45, 2.75) is 13.0 Å². The molecule has 1 atom stereocenters. The van der Waals surface area contributed by atoms with Gasteiger partial charge >= 0.3 is 0 Å². The smallest absolute Gasteiger partial charge is 0.191 e. The first-order valence-corrected chi connectivity index (χ1v) is 3.87. The molecule has 3 heteroatoms. The van der Waals surface area contributed by atoms with Crippen molar-refractivity contribution in [1.82, 2.24) is 0 Å². The number of methoxy groups -OCH3 is 1. The zero-order valence-electron chi connectivity index (χ0n) is 7.69. The van der Waals surface area contributed by atoms with E-state index in [9.17, 15) is 4.79 Å². The first-order valence-electron chi connectivity index (χ1n) is 3.87. The van der Waals surface area contributed by atoms with E-state index in [1.165, 1.54) is 7.11 Å². The molecule has 0 saturated heterocycles. The molecule has 1 unspecified atom stereocenters. The fourth-order valence-corrected chi connectivity index (χ4v) is 0.944. The van der Waals surface area contributed by atoms with E-state index in [2.05, 4.69) is 0 Å². The maximum Gasteiger partial charge on any atom is 0.191 e. The normalized spacial score (nSPS) is 11.5. The zero-order valence-corrected chi connectivity index (χ0v) is 8.51. The molecule has 0 N–H and O–H groups in total. The molecule has 0 heterocycles. The molecule has 1 rings (SSSR count). The number of benzene rings is 1. The molecule has 0 bridgehead atoms. The van der Waals surface area contributed by atoms with Gasteiger partial charge in [-0.2, -0.15) is 0 Å². The van der Waals surface area contributed by atoms with E-state index in [0.29, 0.717) is 5.56 Å². The molecule has 0 aromatic heterocycles. The first kappa shape index (κ1) is 12.1. The molecule has 0 amide bonds. The van der Waals surface area contributed by atoms with E-state index in [1.807, 2.05) is 18.2 Å². The number of halogens is 1. The summed E-state index contributed by atoms with van der Waals surface area (Å²) in [5.74, 6) is 0.0260. The van der Waals surface area contributed by atoms with Gasteiger partial charge in [0.15, 0.2) is 5.78 Å². The van der Waals surface area contributed by atoms with E-state index in [4.69, 9.17) is 4.74 Å². The summed E-state index contributed by atoms with van der Waals surface area (Å²) in [7, 11) is 1.53. The third-order valence-corrected chi connectivity index (χ3v) is 1.78. The summed E-state index contributed by atoms with van der Waals surface area (Å²) in [5, 5.41) is 0. The Labute approximate surface area is 84.3 Å². The van der Waals surface area contributed by atoms with Gasteiger partial charge in [0, 0.05) is 12.7 Å². The maximum absolute atomic E-state index is 11.5. The van der Waals surface area contributed by atoms with Gasteiger partial charge in [0.25, 0.3) is 0 Å². The highest BCUT2D eigenvalue weighted by molar-refractivity contribution is 5.99. The summed E-state index contributed by atoms with van der Waals surface area (Å²) in [6.45, 7) is 1.75. The van der Waals surface area contributed by atoms with Crippen LogP contribution in [0.15, 0.2) is 30.3 Å². The van der Waals surface area contributed by atoms with Crippen LogP contribution in [0.25, 0.3) is 0 Å². The third kappa shape index (κ3) is 3.17. The molecular formula is C10H13ClO2. The predicted molar refractivity (Wildman–Crippen MR) is 54.5 cm³/mol. The van der Waals surface area contributed by atoms with Gasteiger partial charge in [0.1, 0.15) is 6.10 Å². The predicted octanol–water partition coefficient (Wildman–Crippen LogP) is 2.33. The molecule has 0 aliphatic rings. The summed E-state index contributed by atoms with van der Waals surface area (Å²) in [5.41, 5.74) is 0.701. The van der Waals surface area contributed by atoms with Crippen molar-refractivity contribution < 1.29 is 9.53 Å². The number of ether oxygens (including phenoxy) is 1. The summed E-state index contributed by atoms with van der Waals surface area (Å²) in [6, 6.07) is 9.15. The average Bonchev–Trinajstić information content (AvgIpc) is 2.17. The van der Waals surface area contributed by atoms with Crippen molar-refractivity contribution in [2.24, 2.45) is 0 Å². The van der Waals surface area contributed by atoms with Gasteiger partial charge in [-0.05, 0) is 6.92 Å². The molecular weight excluding hydrogens is 188 g/mol. The standard InChI is InChI=1S/C10H12O2.ClH/c1-8(12-2)10(11)9-6-4-3-5-7-9;/h3-8H,1-2H3;1H. The molecule has 0 spiro atoms. The van der Waals surface area contributed by atoms with Crippen molar-refractivity contribution in [1.29, 1.82) is 0 Å². The Hall–Kier alpha value is -0.860. The van der Waals surface area contributed by atoms with Crippen LogP contribution >= 0.6 is 12.4 Å². The van der Waals surface area contributed by atoms with Crippen LogP contribution < -0.4 is 0 Å². The number of carbonyl (C=O) groups is 1. The molecule has 72 valence electrons. The molecule has 2 nitrogen and oxygen atoms in total. The largest absolute Gasteiger partial charge is 0.374 e. The average molecular weight is 201 g/mol. The molecule has 1 aromatic rings.